The second-order valence-electron chi connectivity index (χ2n) is 7.00. The summed E-state index contributed by atoms with van der Waals surface area (Å²) in [5, 5.41) is 12.8. The zero-order valence-corrected chi connectivity index (χ0v) is 15.8. The van der Waals surface area contributed by atoms with Crippen LogP contribution >= 0.6 is 12.4 Å². The number of carboxylic acid groups (broad SMARTS) is 1. The van der Waals surface area contributed by atoms with Crippen molar-refractivity contribution in [1.82, 2.24) is 9.88 Å². The van der Waals surface area contributed by atoms with Gasteiger partial charge in [-0.05, 0) is 19.9 Å². The lowest BCUT2D eigenvalue weighted by atomic mass is 9.98. The number of carbonyl (C=O) groups is 1. The third kappa shape index (κ3) is 3.00. The van der Waals surface area contributed by atoms with Gasteiger partial charge in [-0.15, -0.1) is 12.4 Å². The second-order valence-corrected chi connectivity index (χ2v) is 7.00. The molecule has 1 aromatic heterocycles. The van der Waals surface area contributed by atoms with E-state index >= 15 is 4.39 Å². The molecule has 144 valence electrons. The molecule has 2 unspecified atom stereocenters. The number of hydrogen-bond acceptors (Lipinski definition) is 4. The Hall–Kier alpha value is -2.38. The molecule has 3 heterocycles. The van der Waals surface area contributed by atoms with E-state index in [2.05, 4.69) is 5.32 Å². The Kier molecular flexibility index (Phi) is 5.01. The van der Waals surface area contributed by atoms with Crippen LogP contribution in [-0.2, 0) is 0 Å². The molecule has 0 saturated carbocycles. The summed E-state index contributed by atoms with van der Waals surface area (Å²) in [6.07, 6.45) is 5.11. The van der Waals surface area contributed by atoms with Gasteiger partial charge in [-0.2, -0.15) is 0 Å². The molecule has 0 amide bonds. The van der Waals surface area contributed by atoms with Crippen molar-refractivity contribution in [3.05, 3.63) is 45.5 Å². The lowest BCUT2D eigenvalue weighted by Crippen LogP contribution is -2.49. The van der Waals surface area contributed by atoms with Gasteiger partial charge in [-0.1, -0.05) is 12.2 Å². The van der Waals surface area contributed by atoms with E-state index in [1.165, 1.54) is 12.3 Å². The molecule has 2 N–H and O–H groups in total. The van der Waals surface area contributed by atoms with Gasteiger partial charge in [0.1, 0.15) is 11.4 Å². The summed E-state index contributed by atoms with van der Waals surface area (Å²) in [5.41, 5.74) is 0.726. The SMILES string of the molecule is CC1CN(c2c(F)cc3c(=O)c(C(=O)O)cn4c3c2C=CC4C)CCN1.Cl. The fourth-order valence-corrected chi connectivity index (χ4v) is 3.92. The maximum Gasteiger partial charge on any atom is 0.341 e. The molecule has 1 fully saturated rings. The molecule has 0 spiro atoms. The van der Waals surface area contributed by atoms with Crippen LogP contribution in [0.15, 0.2) is 23.1 Å². The van der Waals surface area contributed by atoms with Gasteiger partial charge in [0.15, 0.2) is 0 Å². The Balaban J connectivity index is 0.00000210. The number of hydrogen-bond donors (Lipinski definition) is 2. The molecular weight excluding hydrogens is 373 g/mol. The first-order valence-electron chi connectivity index (χ1n) is 8.69. The van der Waals surface area contributed by atoms with Gasteiger partial charge in [0.2, 0.25) is 5.43 Å². The van der Waals surface area contributed by atoms with Crippen molar-refractivity contribution in [3.8, 4) is 0 Å². The van der Waals surface area contributed by atoms with E-state index in [0.717, 1.165) is 6.54 Å². The van der Waals surface area contributed by atoms with E-state index in [-0.39, 0.29) is 35.4 Å². The predicted molar refractivity (Wildman–Crippen MR) is 106 cm³/mol. The quantitative estimate of drug-likeness (QED) is 0.820. The van der Waals surface area contributed by atoms with E-state index in [9.17, 15) is 14.7 Å². The minimum Gasteiger partial charge on any atom is -0.477 e. The van der Waals surface area contributed by atoms with Crippen LogP contribution in [0.2, 0.25) is 0 Å². The van der Waals surface area contributed by atoms with E-state index in [1.54, 1.807) is 4.57 Å². The summed E-state index contributed by atoms with van der Waals surface area (Å²) in [7, 11) is 0. The van der Waals surface area contributed by atoms with Gasteiger partial charge >= 0.3 is 5.97 Å². The number of anilines is 1. The summed E-state index contributed by atoms with van der Waals surface area (Å²) in [4.78, 5) is 26.0. The molecule has 2 atom stereocenters. The van der Waals surface area contributed by atoms with E-state index < -0.39 is 17.2 Å². The van der Waals surface area contributed by atoms with Crippen molar-refractivity contribution in [2.75, 3.05) is 24.5 Å². The summed E-state index contributed by atoms with van der Waals surface area (Å²) in [5.74, 6) is -1.80. The number of halogens is 2. The van der Waals surface area contributed by atoms with E-state index in [0.29, 0.717) is 29.9 Å². The van der Waals surface area contributed by atoms with Crippen molar-refractivity contribution in [3.63, 3.8) is 0 Å². The number of rotatable bonds is 2. The van der Waals surface area contributed by atoms with Gasteiger partial charge in [0.05, 0.1) is 16.6 Å². The maximum absolute atomic E-state index is 15.1. The zero-order valence-electron chi connectivity index (χ0n) is 15.0. The molecule has 0 aliphatic carbocycles. The minimum absolute atomic E-state index is 0. The first kappa shape index (κ1) is 19.4. The maximum atomic E-state index is 15.1. The van der Waals surface area contributed by atoms with Gasteiger partial charge < -0.3 is 19.9 Å². The number of aromatic nitrogens is 1. The van der Waals surface area contributed by atoms with Crippen molar-refractivity contribution in [2.45, 2.75) is 25.9 Å². The highest BCUT2D eigenvalue weighted by molar-refractivity contribution is 5.99. The highest BCUT2D eigenvalue weighted by Crippen LogP contribution is 2.37. The number of nitrogens with zero attached hydrogens (tertiary/aromatic N) is 2. The highest BCUT2D eigenvalue weighted by Gasteiger charge is 2.28. The van der Waals surface area contributed by atoms with Gasteiger partial charge in [0.25, 0.3) is 0 Å². The average molecular weight is 394 g/mol. The average Bonchev–Trinajstić information content (AvgIpc) is 2.59. The Bertz CT molecular complexity index is 1020. The molecule has 1 aromatic carbocycles. The molecule has 0 bridgehead atoms. The van der Waals surface area contributed by atoms with E-state index in [1.807, 2.05) is 30.9 Å². The Morgan fingerprint density at radius 1 is 1.37 bits per heavy atom. The number of allylic oxidation sites excluding steroid dienone is 1. The molecule has 2 aliphatic heterocycles. The lowest BCUT2D eigenvalue weighted by Gasteiger charge is -2.36. The van der Waals surface area contributed by atoms with Gasteiger partial charge in [0, 0.05) is 43.5 Å². The summed E-state index contributed by atoms with van der Waals surface area (Å²) in [6.45, 7) is 6.04. The zero-order chi connectivity index (χ0) is 18.6. The summed E-state index contributed by atoms with van der Waals surface area (Å²) in [6, 6.07) is 1.30. The van der Waals surface area contributed by atoms with Crippen LogP contribution in [0.5, 0.6) is 0 Å². The largest absolute Gasteiger partial charge is 0.477 e. The highest BCUT2D eigenvalue weighted by atomic mass is 35.5. The van der Waals surface area contributed by atoms with Crippen LogP contribution in [-0.4, -0.2) is 41.3 Å². The fraction of sp³-hybridized carbons (Fsp3) is 0.368. The molecular formula is C19H21ClFN3O3. The van der Waals surface area contributed by atoms with Crippen LogP contribution in [0.4, 0.5) is 10.1 Å². The van der Waals surface area contributed by atoms with Crippen molar-refractivity contribution in [1.29, 1.82) is 0 Å². The first-order chi connectivity index (χ1) is 12.4. The summed E-state index contributed by atoms with van der Waals surface area (Å²) < 4.78 is 16.8. The Morgan fingerprint density at radius 2 is 2.11 bits per heavy atom. The van der Waals surface area contributed by atoms with Gasteiger partial charge in [-0.3, -0.25) is 4.79 Å². The smallest absolute Gasteiger partial charge is 0.341 e. The lowest BCUT2D eigenvalue weighted by molar-refractivity contribution is 0.0694. The number of carboxylic acids is 1. The van der Waals surface area contributed by atoms with Crippen LogP contribution in [0, 0.1) is 5.82 Å². The molecule has 2 aromatic rings. The second kappa shape index (κ2) is 6.98. The van der Waals surface area contributed by atoms with Gasteiger partial charge in [-0.25, -0.2) is 9.18 Å². The van der Waals surface area contributed by atoms with Crippen LogP contribution < -0.4 is 15.6 Å². The van der Waals surface area contributed by atoms with Crippen molar-refractivity contribution >= 4 is 41.0 Å². The molecule has 8 heteroatoms. The molecule has 4 rings (SSSR count). The number of benzene rings is 1. The molecule has 27 heavy (non-hydrogen) atoms. The van der Waals surface area contributed by atoms with E-state index in [4.69, 9.17) is 0 Å². The number of piperazine rings is 1. The number of pyridine rings is 1. The van der Waals surface area contributed by atoms with Crippen LogP contribution in [0.3, 0.4) is 0 Å². The monoisotopic (exact) mass is 393 g/mol. The molecule has 1 saturated heterocycles. The third-order valence-electron chi connectivity index (χ3n) is 5.17. The number of nitrogens with one attached hydrogen (secondary N) is 1. The van der Waals surface area contributed by atoms with Crippen LogP contribution in [0.25, 0.3) is 17.0 Å². The van der Waals surface area contributed by atoms with Crippen molar-refractivity contribution < 1.29 is 14.3 Å². The first-order valence-corrected chi connectivity index (χ1v) is 8.69. The van der Waals surface area contributed by atoms with Crippen molar-refractivity contribution in [2.24, 2.45) is 0 Å². The minimum atomic E-state index is -1.30. The topological polar surface area (TPSA) is 74.6 Å². The molecule has 6 nitrogen and oxygen atoms in total. The molecule has 2 aliphatic rings. The predicted octanol–water partition coefficient (Wildman–Crippen LogP) is 2.65. The normalized spacial score (nSPS) is 21.2. The Morgan fingerprint density at radius 3 is 2.78 bits per heavy atom. The standard InChI is InChI=1S/C19H20FN3O3.ClH/c1-10-8-22(6-5-21-10)17-12-4-3-11(2)23-9-14(19(25)26)18(24)13(16(12)23)7-15(17)20;/h3-4,7,9-11,21H,5-6,8H2,1-2H3,(H,25,26);1H. The third-order valence-corrected chi connectivity index (χ3v) is 5.17. The Labute approximate surface area is 161 Å². The summed E-state index contributed by atoms with van der Waals surface area (Å²) >= 11 is 0. The van der Waals surface area contributed by atoms with Crippen LogP contribution in [0.1, 0.15) is 35.8 Å². The molecule has 0 radical (unpaired) electrons. The number of aromatic carboxylic acids is 1. The fourth-order valence-electron chi connectivity index (χ4n) is 3.92.